The molecule has 4 rings (SSSR count). The van der Waals surface area contributed by atoms with Gasteiger partial charge in [0.15, 0.2) is 16.7 Å². The van der Waals surface area contributed by atoms with Gasteiger partial charge in [-0.2, -0.15) is 0 Å². The van der Waals surface area contributed by atoms with Crippen LogP contribution in [0.25, 0.3) is 6.08 Å². The van der Waals surface area contributed by atoms with E-state index < -0.39 is 0 Å². The van der Waals surface area contributed by atoms with Gasteiger partial charge in [-0.05, 0) is 67.9 Å². The normalized spacial score (nSPS) is 19.1. The van der Waals surface area contributed by atoms with Crippen molar-refractivity contribution in [2.45, 2.75) is 26.8 Å². The average Bonchev–Trinajstić information content (AvgIpc) is 2.96. The summed E-state index contributed by atoms with van der Waals surface area (Å²) in [7, 11) is 0. The summed E-state index contributed by atoms with van der Waals surface area (Å²) in [6, 6.07) is 13.7. The van der Waals surface area contributed by atoms with Crippen LogP contribution in [-0.4, -0.2) is 30.3 Å². The lowest BCUT2D eigenvalue weighted by atomic mass is 10.1. The van der Waals surface area contributed by atoms with Crippen molar-refractivity contribution >= 4 is 34.6 Å². The van der Waals surface area contributed by atoms with E-state index >= 15 is 0 Å². The Bertz CT molecular complexity index is 981. The summed E-state index contributed by atoms with van der Waals surface area (Å²) >= 11 is 1.41. The number of aliphatic imine (C=N–C) groups is 1. The molecular weight excluding hydrogens is 372 g/mol. The van der Waals surface area contributed by atoms with E-state index in [-0.39, 0.29) is 11.9 Å². The Morgan fingerprint density at radius 3 is 2.61 bits per heavy atom. The molecule has 6 heteroatoms. The van der Waals surface area contributed by atoms with E-state index in [9.17, 15) is 4.79 Å². The molecule has 1 saturated heterocycles. The Kier molecular flexibility index (Phi) is 5.13. The third-order valence-electron chi connectivity index (χ3n) is 4.40. The second-order valence-electron chi connectivity index (χ2n) is 6.95. The number of anilines is 1. The summed E-state index contributed by atoms with van der Waals surface area (Å²) < 4.78 is 11.2. The lowest BCUT2D eigenvalue weighted by Gasteiger charge is -2.18. The molecule has 1 amide bonds. The zero-order valence-electron chi connectivity index (χ0n) is 16.1. The average molecular weight is 394 g/mol. The SMILES string of the molecule is Cc1ccccc1N1C(=O)/C(=C/c2ccc3c(c2)OCCO3)SC1=NC(C)C. The predicted molar refractivity (Wildman–Crippen MR) is 114 cm³/mol. The van der Waals surface area contributed by atoms with E-state index in [4.69, 9.17) is 9.47 Å². The number of nitrogens with zero attached hydrogens (tertiary/aromatic N) is 2. The van der Waals surface area contributed by atoms with Crippen LogP contribution in [0.2, 0.25) is 0 Å². The fraction of sp³-hybridized carbons (Fsp3) is 0.273. The first-order valence-electron chi connectivity index (χ1n) is 9.30. The molecule has 0 radical (unpaired) electrons. The van der Waals surface area contributed by atoms with Gasteiger partial charge in [0.2, 0.25) is 0 Å². The van der Waals surface area contributed by atoms with Crippen LogP contribution in [0.5, 0.6) is 11.5 Å². The second kappa shape index (κ2) is 7.72. The highest BCUT2D eigenvalue weighted by molar-refractivity contribution is 8.19. The van der Waals surface area contributed by atoms with Crippen molar-refractivity contribution in [2.24, 2.45) is 4.99 Å². The molecule has 0 atom stereocenters. The molecule has 1 fully saturated rings. The van der Waals surface area contributed by atoms with Crippen LogP contribution < -0.4 is 14.4 Å². The minimum absolute atomic E-state index is 0.0615. The van der Waals surface area contributed by atoms with Gasteiger partial charge in [-0.15, -0.1) is 0 Å². The minimum atomic E-state index is -0.0615. The number of para-hydroxylation sites is 1. The largest absolute Gasteiger partial charge is 0.486 e. The number of amides is 1. The summed E-state index contributed by atoms with van der Waals surface area (Å²) in [5.41, 5.74) is 2.80. The summed E-state index contributed by atoms with van der Waals surface area (Å²) in [6.07, 6.45) is 1.89. The Balaban J connectivity index is 1.72. The maximum atomic E-state index is 13.2. The molecule has 144 valence electrons. The fourth-order valence-electron chi connectivity index (χ4n) is 3.11. The number of amidine groups is 1. The summed E-state index contributed by atoms with van der Waals surface area (Å²) in [5.74, 6) is 1.39. The van der Waals surface area contributed by atoms with Gasteiger partial charge in [-0.1, -0.05) is 24.3 Å². The summed E-state index contributed by atoms with van der Waals surface area (Å²) in [6.45, 7) is 7.12. The first kappa shape index (κ1) is 18.6. The van der Waals surface area contributed by atoms with Crippen molar-refractivity contribution in [1.82, 2.24) is 0 Å². The van der Waals surface area contributed by atoms with Gasteiger partial charge in [-0.25, -0.2) is 0 Å². The molecule has 2 aromatic rings. The van der Waals surface area contributed by atoms with E-state index in [0.29, 0.717) is 29.0 Å². The molecule has 0 unspecified atom stereocenters. The van der Waals surface area contributed by atoms with Crippen molar-refractivity contribution in [3.05, 3.63) is 58.5 Å². The molecule has 0 aromatic heterocycles. The number of carbonyl (C=O) groups excluding carboxylic acids is 1. The van der Waals surface area contributed by atoms with E-state index in [1.165, 1.54) is 11.8 Å². The molecule has 2 aliphatic rings. The topological polar surface area (TPSA) is 51.1 Å². The van der Waals surface area contributed by atoms with E-state index in [0.717, 1.165) is 22.6 Å². The van der Waals surface area contributed by atoms with Crippen LogP contribution in [0.4, 0.5) is 5.69 Å². The second-order valence-corrected chi connectivity index (χ2v) is 7.96. The van der Waals surface area contributed by atoms with E-state index in [1.54, 1.807) is 4.90 Å². The van der Waals surface area contributed by atoms with Gasteiger partial charge in [-0.3, -0.25) is 14.7 Å². The first-order valence-corrected chi connectivity index (χ1v) is 10.1. The first-order chi connectivity index (χ1) is 13.5. The van der Waals surface area contributed by atoms with Crippen LogP contribution in [-0.2, 0) is 4.79 Å². The standard InChI is InChI=1S/C22H22N2O3S/c1-14(2)23-22-24(17-7-5-4-6-15(17)3)21(25)20(28-22)13-16-8-9-18-19(12-16)27-11-10-26-18/h4-9,12-14H,10-11H2,1-3H3/b20-13-,23-22?. The fourth-order valence-corrected chi connectivity index (χ4v) is 4.22. The van der Waals surface area contributed by atoms with Crippen LogP contribution in [0.15, 0.2) is 52.4 Å². The Hall–Kier alpha value is -2.73. The van der Waals surface area contributed by atoms with Crippen molar-refractivity contribution in [1.29, 1.82) is 0 Å². The highest BCUT2D eigenvalue weighted by Gasteiger charge is 2.35. The number of benzene rings is 2. The summed E-state index contributed by atoms with van der Waals surface area (Å²) in [4.78, 5) is 20.3. The zero-order chi connectivity index (χ0) is 19.7. The molecule has 0 spiro atoms. The highest BCUT2D eigenvalue weighted by Crippen LogP contribution is 2.38. The third kappa shape index (κ3) is 3.64. The molecule has 0 N–H and O–H groups in total. The van der Waals surface area contributed by atoms with Crippen molar-refractivity contribution in [3.8, 4) is 11.5 Å². The van der Waals surface area contributed by atoms with Crippen molar-refractivity contribution in [3.63, 3.8) is 0 Å². The zero-order valence-corrected chi connectivity index (χ0v) is 17.0. The number of thioether (sulfide) groups is 1. The van der Waals surface area contributed by atoms with Gasteiger partial charge >= 0.3 is 0 Å². The number of carbonyl (C=O) groups is 1. The number of aryl methyl sites for hydroxylation is 1. The Morgan fingerprint density at radius 1 is 1.11 bits per heavy atom. The Labute approximate surface area is 169 Å². The van der Waals surface area contributed by atoms with Crippen LogP contribution in [0, 0.1) is 6.92 Å². The number of ether oxygens (including phenoxy) is 2. The van der Waals surface area contributed by atoms with Crippen LogP contribution in [0.3, 0.4) is 0 Å². The predicted octanol–water partition coefficient (Wildman–Crippen LogP) is 4.65. The van der Waals surface area contributed by atoms with E-state index in [2.05, 4.69) is 4.99 Å². The number of fused-ring (bicyclic) bond motifs is 1. The van der Waals surface area contributed by atoms with Gasteiger partial charge in [0.1, 0.15) is 13.2 Å². The monoisotopic (exact) mass is 394 g/mol. The maximum Gasteiger partial charge on any atom is 0.271 e. The van der Waals surface area contributed by atoms with Gasteiger partial charge in [0.25, 0.3) is 5.91 Å². The quantitative estimate of drug-likeness (QED) is 0.711. The number of rotatable bonds is 3. The molecule has 0 bridgehead atoms. The lowest BCUT2D eigenvalue weighted by molar-refractivity contribution is -0.113. The number of hydrogen-bond donors (Lipinski definition) is 0. The van der Waals surface area contributed by atoms with Crippen LogP contribution in [0.1, 0.15) is 25.0 Å². The van der Waals surface area contributed by atoms with Crippen molar-refractivity contribution < 1.29 is 14.3 Å². The lowest BCUT2D eigenvalue weighted by Crippen LogP contribution is -2.30. The molecule has 2 aromatic carbocycles. The minimum Gasteiger partial charge on any atom is -0.486 e. The van der Waals surface area contributed by atoms with Gasteiger partial charge in [0.05, 0.1) is 10.6 Å². The van der Waals surface area contributed by atoms with Gasteiger partial charge < -0.3 is 9.47 Å². The molecule has 0 aliphatic carbocycles. The van der Waals surface area contributed by atoms with Gasteiger partial charge in [0, 0.05) is 6.04 Å². The Morgan fingerprint density at radius 2 is 1.86 bits per heavy atom. The maximum absolute atomic E-state index is 13.2. The molecule has 28 heavy (non-hydrogen) atoms. The summed E-state index contributed by atoms with van der Waals surface area (Å²) in [5, 5.41) is 0.707. The third-order valence-corrected chi connectivity index (χ3v) is 5.38. The smallest absolute Gasteiger partial charge is 0.271 e. The molecule has 5 nitrogen and oxygen atoms in total. The molecule has 0 saturated carbocycles. The molecule has 2 aliphatic heterocycles. The highest BCUT2D eigenvalue weighted by atomic mass is 32.2. The van der Waals surface area contributed by atoms with Crippen molar-refractivity contribution in [2.75, 3.05) is 18.1 Å². The molecule has 2 heterocycles. The number of hydrogen-bond acceptors (Lipinski definition) is 5. The van der Waals surface area contributed by atoms with E-state index in [1.807, 2.05) is 69.3 Å². The van der Waals surface area contributed by atoms with Crippen LogP contribution >= 0.6 is 11.8 Å². The molecular formula is C22H22N2O3S.